The molecule has 2 rings (SSSR count). The van der Waals surface area contributed by atoms with Crippen molar-refractivity contribution in [2.45, 2.75) is 31.4 Å². The van der Waals surface area contributed by atoms with Gasteiger partial charge in [-0.05, 0) is 56.6 Å². The van der Waals surface area contributed by atoms with Crippen molar-refractivity contribution in [3.05, 3.63) is 29.3 Å². The molecular formula is C16H26N2O2. The van der Waals surface area contributed by atoms with Crippen molar-refractivity contribution in [3.63, 3.8) is 0 Å². The summed E-state index contributed by atoms with van der Waals surface area (Å²) in [4.78, 5) is 2.01. The van der Waals surface area contributed by atoms with E-state index < -0.39 is 0 Å². The van der Waals surface area contributed by atoms with Gasteiger partial charge in [-0.25, -0.2) is 0 Å². The Labute approximate surface area is 121 Å². The molecule has 0 radical (unpaired) electrons. The zero-order valence-electron chi connectivity index (χ0n) is 12.7. The van der Waals surface area contributed by atoms with Crippen LogP contribution in [0.4, 0.5) is 0 Å². The number of fused-ring (bicyclic) bond motifs is 1. The van der Waals surface area contributed by atoms with Crippen LogP contribution in [0.2, 0.25) is 0 Å². The lowest BCUT2D eigenvalue weighted by Gasteiger charge is -2.27. The van der Waals surface area contributed by atoms with Gasteiger partial charge in [0.1, 0.15) is 5.75 Å². The van der Waals surface area contributed by atoms with Gasteiger partial charge in [0.05, 0.1) is 13.2 Å². The highest BCUT2D eigenvalue weighted by molar-refractivity contribution is 5.37. The average Bonchev–Trinajstić information content (AvgIpc) is 2.43. The number of likely N-dealkylation sites (N-methyl/N-ethyl adjacent to an activating group) is 1. The van der Waals surface area contributed by atoms with Crippen LogP contribution < -0.4 is 10.1 Å². The number of hydrogen-bond donors (Lipinski definition) is 2. The fourth-order valence-electron chi connectivity index (χ4n) is 2.82. The van der Waals surface area contributed by atoms with Gasteiger partial charge in [0.25, 0.3) is 0 Å². The molecular weight excluding hydrogens is 252 g/mol. The van der Waals surface area contributed by atoms with Crippen LogP contribution in [0, 0.1) is 0 Å². The quantitative estimate of drug-likeness (QED) is 0.817. The summed E-state index contributed by atoms with van der Waals surface area (Å²) in [7, 11) is 5.66. The molecule has 0 spiro atoms. The lowest BCUT2D eigenvalue weighted by molar-refractivity contribution is 0.130. The number of nitrogens with one attached hydrogen (secondary N) is 1. The van der Waals surface area contributed by atoms with E-state index in [1.54, 1.807) is 7.11 Å². The van der Waals surface area contributed by atoms with Gasteiger partial charge >= 0.3 is 0 Å². The first-order valence-corrected chi connectivity index (χ1v) is 7.30. The third-order valence-corrected chi connectivity index (χ3v) is 3.86. The van der Waals surface area contributed by atoms with Crippen LogP contribution in [0.5, 0.6) is 5.75 Å². The number of aliphatic hydroxyl groups is 1. The Hall–Kier alpha value is -1.10. The highest BCUT2D eigenvalue weighted by Crippen LogP contribution is 2.25. The van der Waals surface area contributed by atoms with Crippen molar-refractivity contribution in [3.8, 4) is 5.75 Å². The third kappa shape index (κ3) is 4.20. The first kappa shape index (κ1) is 15.3. The zero-order valence-corrected chi connectivity index (χ0v) is 12.7. The number of methoxy groups -OCH3 is 1. The summed E-state index contributed by atoms with van der Waals surface area (Å²) in [6.07, 6.45) is 2.94. The maximum Gasteiger partial charge on any atom is 0.119 e. The first-order valence-electron chi connectivity index (χ1n) is 7.30. The second kappa shape index (κ2) is 7.07. The van der Waals surface area contributed by atoms with Gasteiger partial charge in [-0.1, -0.05) is 6.07 Å². The Bertz CT molecular complexity index is 434. The van der Waals surface area contributed by atoms with Crippen molar-refractivity contribution >= 4 is 0 Å². The number of aryl methyl sites for hydroxylation is 1. The molecule has 0 bridgehead atoms. The lowest BCUT2D eigenvalue weighted by atomic mass is 9.88. The highest BCUT2D eigenvalue weighted by atomic mass is 16.5. The molecule has 2 atom stereocenters. The zero-order chi connectivity index (χ0) is 14.5. The van der Waals surface area contributed by atoms with E-state index in [4.69, 9.17) is 4.74 Å². The number of rotatable bonds is 6. The van der Waals surface area contributed by atoms with Gasteiger partial charge in [-0.15, -0.1) is 0 Å². The second-order valence-electron chi connectivity index (χ2n) is 5.90. The summed E-state index contributed by atoms with van der Waals surface area (Å²) in [5, 5.41) is 13.4. The van der Waals surface area contributed by atoms with Crippen LogP contribution in [0.15, 0.2) is 18.2 Å². The Balaban J connectivity index is 1.87. The van der Waals surface area contributed by atoms with Crippen LogP contribution in [0.25, 0.3) is 0 Å². The van der Waals surface area contributed by atoms with Gasteiger partial charge in [-0.2, -0.15) is 0 Å². The van der Waals surface area contributed by atoms with E-state index in [1.807, 2.05) is 25.1 Å². The molecule has 0 aromatic heterocycles. The highest BCUT2D eigenvalue weighted by Gasteiger charge is 2.19. The Morgan fingerprint density at radius 1 is 1.40 bits per heavy atom. The van der Waals surface area contributed by atoms with Crippen molar-refractivity contribution in [1.82, 2.24) is 10.2 Å². The van der Waals surface area contributed by atoms with E-state index in [-0.39, 0.29) is 6.10 Å². The molecule has 0 fully saturated rings. The van der Waals surface area contributed by atoms with E-state index >= 15 is 0 Å². The van der Waals surface area contributed by atoms with Gasteiger partial charge in [-0.3, -0.25) is 0 Å². The molecule has 2 unspecified atom stereocenters. The van der Waals surface area contributed by atoms with Gasteiger partial charge < -0.3 is 20.1 Å². The minimum atomic E-state index is -0.309. The van der Waals surface area contributed by atoms with Crippen molar-refractivity contribution < 1.29 is 9.84 Å². The van der Waals surface area contributed by atoms with Crippen LogP contribution in [0.3, 0.4) is 0 Å². The van der Waals surface area contributed by atoms with Gasteiger partial charge in [0, 0.05) is 19.1 Å². The molecule has 1 aromatic carbocycles. The maximum absolute atomic E-state index is 9.90. The molecule has 0 aliphatic heterocycles. The lowest BCUT2D eigenvalue weighted by Crippen LogP contribution is -2.42. The molecule has 4 nitrogen and oxygen atoms in total. The van der Waals surface area contributed by atoms with Crippen molar-refractivity contribution in [1.29, 1.82) is 0 Å². The van der Waals surface area contributed by atoms with Gasteiger partial charge in [0.15, 0.2) is 0 Å². The Morgan fingerprint density at radius 2 is 2.20 bits per heavy atom. The minimum absolute atomic E-state index is 0.309. The molecule has 0 amide bonds. The molecule has 112 valence electrons. The van der Waals surface area contributed by atoms with Crippen LogP contribution >= 0.6 is 0 Å². The summed E-state index contributed by atoms with van der Waals surface area (Å²) >= 11 is 0. The van der Waals surface area contributed by atoms with Crippen LogP contribution in [-0.2, 0) is 12.8 Å². The molecule has 1 aliphatic rings. The standard InChI is InChI=1S/C16H26N2O2/c1-18(2)11-15(19)10-17-14-6-4-12-5-7-16(20-3)9-13(12)8-14/h5,7,9,14-15,17,19H,4,6,8,10-11H2,1-3H3. The van der Waals surface area contributed by atoms with E-state index in [2.05, 4.69) is 17.4 Å². The minimum Gasteiger partial charge on any atom is -0.497 e. The van der Waals surface area contributed by atoms with Crippen LogP contribution in [0.1, 0.15) is 17.5 Å². The fraction of sp³-hybridized carbons (Fsp3) is 0.625. The van der Waals surface area contributed by atoms with E-state index in [0.717, 1.165) is 25.0 Å². The largest absolute Gasteiger partial charge is 0.497 e. The van der Waals surface area contributed by atoms with Crippen molar-refractivity contribution in [2.24, 2.45) is 0 Å². The molecule has 0 heterocycles. The fourth-order valence-corrected chi connectivity index (χ4v) is 2.82. The summed E-state index contributed by atoms with van der Waals surface area (Å²) in [5.74, 6) is 0.928. The number of nitrogens with zero attached hydrogens (tertiary/aromatic N) is 1. The number of hydrogen-bond acceptors (Lipinski definition) is 4. The second-order valence-corrected chi connectivity index (χ2v) is 5.90. The summed E-state index contributed by atoms with van der Waals surface area (Å²) < 4.78 is 5.29. The van der Waals surface area contributed by atoms with Crippen LogP contribution in [-0.4, -0.2) is 56.4 Å². The van der Waals surface area contributed by atoms with E-state index in [1.165, 1.54) is 11.1 Å². The summed E-state index contributed by atoms with van der Waals surface area (Å²) in [6.45, 7) is 1.35. The molecule has 0 saturated carbocycles. The molecule has 1 aromatic rings. The molecule has 0 saturated heterocycles. The molecule has 1 aliphatic carbocycles. The third-order valence-electron chi connectivity index (χ3n) is 3.86. The Kier molecular flexibility index (Phi) is 5.40. The summed E-state index contributed by atoms with van der Waals surface area (Å²) in [5.41, 5.74) is 2.80. The maximum atomic E-state index is 9.90. The normalized spacial score (nSPS) is 19.8. The number of ether oxygens (including phenoxy) is 1. The molecule has 4 heteroatoms. The first-order chi connectivity index (χ1) is 9.58. The van der Waals surface area contributed by atoms with Crippen molar-refractivity contribution in [2.75, 3.05) is 34.3 Å². The predicted octanol–water partition coefficient (Wildman–Crippen LogP) is 1.06. The van der Waals surface area contributed by atoms with E-state index in [9.17, 15) is 5.11 Å². The average molecular weight is 278 g/mol. The van der Waals surface area contributed by atoms with E-state index in [0.29, 0.717) is 19.1 Å². The predicted molar refractivity (Wildman–Crippen MR) is 81.4 cm³/mol. The Morgan fingerprint density at radius 3 is 2.90 bits per heavy atom. The smallest absolute Gasteiger partial charge is 0.119 e. The topological polar surface area (TPSA) is 44.7 Å². The summed E-state index contributed by atoms with van der Waals surface area (Å²) in [6, 6.07) is 6.80. The monoisotopic (exact) mass is 278 g/mol. The molecule has 2 N–H and O–H groups in total. The molecule has 20 heavy (non-hydrogen) atoms. The number of benzene rings is 1. The number of aliphatic hydroxyl groups excluding tert-OH is 1. The van der Waals surface area contributed by atoms with Gasteiger partial charge in [0.2, 0.25) is 0 Å². The SMILES string of the molecule is COc1ccc2c(c1)CC(NCC(O)CN(C)C)CC2.